The van der Waals surface area contributed by atoms with E-state index in [9.17, 15) is 0 Å². The Morgan fingerprint density at radius 2 is 1.88 bits per heavy atom. The summed E-state index contributed by atoms with van der Waals surface area (Å²) in [7, 11) is 0. The molecule has 0 aliphatic heterocycles. The summed E-state index contributed by atoms with van der Waals surface area (Å²) in [5.74, 6) is 0. The molecule has 98 valence electrons. The Morgan fingerprint density at radius 1 is 1.29 bits per heavy atom. The van der Waals surface area contributed by atoms with Gasteiger partial charge in [0.25, 0.3) is 5.09 Å². The van der Waals surface area contributed by atoms with Crippen LogP contribution in [0.2, 0.25) is 0 Å². The summed E-state index contributed by atoms with van der Waals surface area (Å²) in [4.78, 5) is 12.4. The minimum Gasteiger partial charge on any atom is -0.337 e. The zero-order chi connectivity index (χ0) is 12.9. The molecule has 0 atom stereocenters. The molecule has 0 saturated heterocycles. The Balaban J connectivity index is 0.000000557. The van der Waals surface area contributed by atoms with Crippen LogP contribution in [-0.2, 0) is 6.54 Å². The van der Waals surface area contributed by atoms with Crippen LogP contribution in [0.25, 0.3) is 0 Å². The van der Waals surface area contributed by atoms with E-state index in [-0.39, 0.29) is 0 Å². The zero-order valence-corrected chi connectivity index (χ0v) is 10.3. The monoisotopic (exact) mass is 243 g/mol. The maximum atomic E-state index is 8.36. The summed E-state index contributed by atoms with van der Waals surface area (Å²) in [6, 6.07) is 0. The van der Waals surface area contributed by atoms with Crippen molar-refractivity contribution in [2.75, 3.05) is 0 Å². The smallest absolute Gasteiger partial charge is 0.291 e. The fourth-order valence-corrected chi connectivity index (χ4v) is 1.49. The van der Waals surface area contributed by atoms with E-state index < -0.39 is 5.09 Å². The molecular formula is C11H21N3O3. The average molecular weight is 243 g/mol. The van der Waals surface area contributed by atoms with E-state index in [0.717, 1.165) is 6.54 Å². The lowest BCUT2D eigenvalue weighted by Gasteiger charge is -2.01. The summed E-state index contributed by atoms with van der Waals surface area (Å²) in [6.07, 6.45) is 13.9. The number of hydrogen-bond acceptors (Lipinski definition) is 3. The first-order valence-corrected chi connectivity index (χ1v) is 5.95. The Kier molecular flexibility index (Phi) is 9.89. The number of aryl methyl sites for hydroxylation is 1. The lowest BCUT2D eigenvalue weighted by Crippen LogP contribution is -1.93. The van der Waals surface area contributed by atoms with Crippen LogP contribution < -0.4 is 0 Å². The predicted molar refractivity (Wildman–Crippen MR) is 64.4 cm³/mol. The van der Waals surface area contributed by atoms with Gasteiger partial charge in [-0.1, -0.05) is 39.0 Å². The molecule has 0 aliphatic rings. The van der Waals surface area contributed by atoms with Crippen LogP contribution >= 0.6 is 0 Å². The molecule has 1 N–H and O–H groups in total. The van der Waals surface area contributed by atoms with E-state index >= 15 is 0 Å². The van der Waals surface area contributed by atoms with Crippen molar-refractivity contribution < 1.29 is 10.3 Å². The average Bonchev–Trinajstić information content (AvgIpc) is 2.75. The van der Waals surface area contributed by atoms with Gasteiger partial charge >= 0.3 is 0 Å². The molecule has 0 saturated carbocycles. The van der Waals surface area contributed by atoms with Gasteiger partial charge in [0.1, 0.15) is 0 Å². The molecule has 6 nitrogen and oxygen atoms in total. The van der Waals surface area contributed by atoms with Crippen molar-refractivity contribution in [3.8, 4) is 0 Å². The first kappa shape index (κ1) is 15.4. The highest BCUT2D eigenvalue weighted by Gasteiger charge is 1.91. The topological polar surface area (TPSA) is 81.2 Å². The van der Waals surface area contributed by atoms with Gasteiger partial charge in [-0.05, 0) is 6.42 Å². The predicted octanol–water partition coefficient (Wildman–Crippen LogP) is 2.90. The molecule has 0 aromatic carbocycles. The van der Waals surface area contributed by atoms with Gasteiger partial charge in [0.15, 0.2) is 0 Å². The molecule has 0 unspecified atom stereocenters. The number of hydrogen-bond donors (Lipinski definition) is 1. The van der Waals surface area contributed by atoms with Crippen molar-refractivity contribution in [1.29, 1.82) is 0 Å². The van der Waals surface area contributed by atoms with Crippen LogP contribution in [0.1, 0.15) is 45.4 Å². The van der Waals surface area contributed by atoms with Crippen LogP contribution in [0.5, 0.6) is 0 Å². The zero-order valence-electron chi connectivity index (χ0n) is 10.3. The third kappa shape index (κ3) is 12.3. The highest BCUT2D eigenvalue weighted by molar-refractivity contribution is 4.73. The summed E-state index contributed by atoms with van der Waals surface area (Å²) < 4.78 is 2.15. The lowest BCUT2D eigenvalue weighted by atomic mass is 10.1. The summed E-state index contributed by atoms with van der Waals surface area (Å²) in [6.45, 7) is 3.39. The number of imidazole rings is 1. The molecule has 6 heteroatoms. The fraction of sp³-hybridized carbons (Fsp3) is 0.727. The standard InChI is InChI=1S/C11H20N2.HNO3/c1-2-3-4-5-6-7-9-13-10-8-12-11-13;2-1(3)4/h8,10-11H,2-7,9H2,1H3;(H,2,3,4). The second-order valence-electron chi connectivity index (χ2n) is 3.81. The van der Waals surface area contributed by atoms with E-state index in [4.69, 9.17) is 15.3 Å². The molecule has 1 aromatic heterocycles. The van der Waals surface area contributed by atoms with Crippen LogP contribution in [0.4, 0.5) is 0 Å². The number of rotatable bonds is 7. The third-order valence-electron chi connectivity index (χ3n) is 2.33. The Morgan fingerprint density at radius 3 is 2.41 bits per heavy atom. The van der Waals surface area contributed by atoms with Gasteiger partial charge in [-0.3, -0.25) is 0 Å². The van der Waals surface area contributed by atoms with Crippen molar-refractivity contribution >= 4 is 0 Å². The van der Waals surface area contributed by atoms with Crippen molar-refractivity contribution in [3.63, 3.8) is 0 Å². The second-order valence-corrected chi connectivity index (χ2v) is 3.81. The van der Waals surface area contributed by atoms with Crippen LogP contribution in [0, 0.1) is 10.1 Å². The molecule has 1 aromatic rings. The van der Waals surface area contributed by atoms with E-state index in [0.29, 0.717) is 0 Å². The SMILES string of the molecule is CCCCCCCCn1ccnc1.O=[N+]([O-])O. The fourth-order valence-electron chi connectivity index (χ4n) is 1.49. The molecule has 1 rings (SSSR count). The van der Waals surface area contributed by atoms with E-state index in [1.54, 1.807) is 0 Å². The third-order valence-corrected chi connectivity index (χ3v) is 2.33. The molecule has 0 radical (unpaired) electrons. The van der Waals surface area contributed by atoms with Gasteiger partial charge in [0.2, 0.25) is 0 Å². The Hall–Kier alpha value is -1.59. The van der Waals surface area contributed by atoms with Crippen molar-refractivity contribution in [3.05, 3.63) is 28.8 Å². The molecule has 0 fully saturated rings. The van der Waals surface area contributed by atoms with Gasteiger partial charge in [-0.15, -0.1) is 10.1 Å². The van der Waals surface area contributed by atoms with Gasteiger partial charge in [-0.25, -0.2) is 4.98 Å². The molecule has 0 bridgehead atoms. The van der Waals surface area contributed by atoms with E-state index in [2.05, 4.69) is 16.5 Å². The number of unbranched alkanes of at least 4 members (excludes halogenated alkanes) is 5. The number of nitrogens with zero attached hydrogens (tertiary/aromatic N) is 3. The Labute approximate surface area is 101 Å². The minimum absolute atomic E-state index is 1.13. The second kappa shape index (κ2) is 10.9. The highest BCUT2D eigenvalue weighted by Crippen LogP contribution is 2.05. The summed E-state index contributed by atoms with van der Waals surface area (Å²) in [5, 5.41) is 13.6. The maximum absolute atomic E-state index is 8.36. The first-order chi connectivity index (χ1) is 8.16. The maximum Gasteiger partial charge on any atom is 0.291 e. The largest absolute Gasteiger partial charge is 0.337 e. The van der Waals surface area contributed by atoms with E-state index in [1.807, 2.05) is 18.7 Å². The summed E-state index contributed by atoms with van der Waals surface area (Å²) in [5.41, 5.74) is 0. The van der Waals surface area contributed by atoms with Gasteiger partial charge in [-0.2, -0.15) is 0 Å². The molecule has 0 aliphatic carbocycles. The minimum atomic E-state index is -1.50. The summed E-state index contributed by atoms with van der Waals surface area (Å²) >= 11 is 0. The van der Waals surface area contributed by atoms with Crippen molar-refractivity contribution in [2.45, 2.75) is 52.0 Å². The van der Waals surface area contributed by atoms with Crippen molar-refractivity contribution in [2.24, 2.45) is 0 Å². The van der Waals surface area contributed by atoms with Crippen LogP contribution in [0.3, 0.4) is 0 Å². The Bertz CT molecular complexity index is 271. The van der Waals surface area contributed by atoms with E-state index in [1.165, 1.54) is 38.5 Å². The van der Waals surface area contributed by atoms with Gasteiger partial charge < -0.3 is 9.77 Å². The van der Waals surface area contributed by atoms with Crippen molar-refractivity contribution in [1.82, 2.24) is 9.55 Å². The quantitative estimate of drug-likeness (QED) is 0.453. The van der Waals surface area contributed by atoms with Crippen LogP contribution in [-0.4, -0.2) is 19.8 Å². The molecule has 0 amide bonds. The molecule has 1 heterocycles. The van der Waals surface area contributed by atoms with Gasteiger partial charge in [0, 0.05) is 18.9 Å². The molecule has 17 heavy (non-hydrogen) atoms. The first-order valence-electron chi connectivity index (χ1n) is 5.95. The van der Waals surface area contributed by atoms with Crippen LogP contribution in [0.15, 0.2) is 18.7 Å². The highest BCUT2D eigenvalue weighted by atomic mass is 16.9. The normalized spacial score (nSPS) is 9.47. The molecule has 0 spiro atoms. The molecular weight excluding hydrogens is 222 g/mol. The number of aromatic nitrogens is 2. The lowest BCUT2D eigenvalue weighted by molar-refractivity contribution is -0.742. The van der Waals surface area contributed by atoms with Gasteiger partial charge in [0.05, 0.1) is 6.33 Å².